The number of carbonyl (C=O) groups is 1. The molecule has 2 aliphatic heterocycles. The van der Waals surface area contributed by atoms with Crippen molar-refractivity contribution in [2.75, 3.05) is 26.2 Å². The molecule has 1 unspecified atom stereocenters. The van der Waals surface area contributed by atoms with Crippen molar-refractivity contribution in [3.05, 3.63) is 0 Å². The van der Waals surface area contributed by atoms with E-state index in [-0.39, 0.29) is 5.60 Å². The summed E-state index contributed by atoms with van der Waals surface area (Å²) in [5.74, 6) is 0.338. The summed E-state index contributed by atoms with van der Waals surface area (Å²) in [4.78, 5) is 14.2. The lowest BCUT2D eigenvalue weighted by Crippen LogP contribution is -2.46. The maximum atomic E-state index is 12.2. The Labute approximate surface area is 128 Å². The summed E-state index contributed by atoms with van der Waals surface area (Å²) in [6.07, 6.45) is 11.7. The van der Waals surface area contributed by atoms with Gasteiger partial charge < -0.3 is 15.0 Å². The number of hydrogen-bond acceptors (Lipinski definition) is 3. The third kappa shape index (κ3) is 3.98. The van der Waals surface area contributed by atoms with E-state index in [9.17, 15) is 4.79 Å². The number of hydrogen-bond donors (Lipinski definition) is 1. The average Bonchev–Trinajstić information content (AvgIpc) is 2.96. The quantitative estimate of drug-likeness (QED) is 0.866. The molecule has 1 spiro atoms. The summed E-state index contributed by atoms with van der Waals surface area (Å²) < 4.78 is 6.06. The van der Waals surface area contributed by atoms with E-state index in [4.69, 9.17) is 4.74 Å². The van der Waals surface area contributed by atoms with Gasteiger partial charge in [0, 0.05) is 38.7 Å². The Morgan fingerprint density at radius 1 is 1.14 bits per heavy atom. The Morgan fingerprint density at radius 3 is 2.67 bits per heavy atom. The van der Waals surface area contributed by atoms with Crippen molar-refractivity contribution in [1.29, 1.82) is 0 Å². The number of carbonyl (C=O) groups excluding carboxylic acids is 1. The Kier molecular flexibility index (Phi) is 5.17. The van der Waals surface area contributed by atoms with Crippen molar-refractivity contribution in [3.8, 4) is 0 Å². The van der Waals surface area contributed by atoms with E-state index < -0.39 is 0 Å². The van der Waals surface area contributed by atoms with Gasteiger partial charge >= 0.3 is 0 Å². The predicted molar refractivity (Wildman–Crippen MR) is 83.2 cm³/mol. The zero-order chi connectivity index (χ0) is 14.5. The first-order valence-electron chi connectivity index (χ1n) is 8.93. The number of nitrogens with zero attached hydrogens (tertiary/aromatic N) is 1. The van der Waals surface area contributed by atoms with E-state index in [1.54, 1.807) is 0 Å². The van der Waals surface area contributed by atoms with Crippen LogP contribution in [0.3, 0.4) is 0 Å². The summed E-state index contributed by atoms with van der Waals surface area (Å²) in [6.45, 7) is 3.66. The largest absolute Gasteiger partial charge is 0.375 e. The van der Waals surface area contributed by atoms with E-state index >= 15 is 0 Å². The van der Waals surface area contributed by atoms with Crippen LogP contribution in [0.1, 0.15) is 64.2 Å². The van der Waals surface area contributed by atoms with Crippen molar-refractivity contribution in [1.82, 2.24) is 10.2 Å². The van der Waals surface area contributed by atoms with E-state index in [0.717, 1.165) is 39.1 Å². The molecule has 3 aliphatic rings. The molecule has 1 saturated carbocycles. The lowest BCUT2D eigenvalue weighted by molar-refractivity contribution is -0.132. The average molecular weight is 294 g/mol. The van der Waals surface area contributed by atoms with Crippen molar-refractivity contribution in [2.24, 2.45) is 0 Å². The van der Waals surface area contributed by atoms with Crippen molar-refractivity contribution >= 4 is 5.91 Å². The first kappa shape index (κ1) is 15.3. The van der Waals surface area contributed by atoms with Gasteiger partial charge in [0.15, 0.2) is 0 Å². The third-order valence-electron chi connectivity index (χ3n) is 5.49. The topological polar surface area (TPSA) is 41.6 Å². The Hall–Kier alpha value is -0.610. The standard InChI is InChI=1S/C17H30N2O2/c20-16(19-11-4-1-5-12-19)6-10-18-15-7-13-21-17(14-15)8-2-3-9-17/h15,18H,1-14H2. The number of likely N-dealkylation sites (tertiary alicyclic amines) is 1. The van der Waals surface area contributed by atoms with E-state index in [1.165, 1.54) is 44.9 Å². The summed E-state index contributed by atoms with van der Waals surface area (Å²) in [6, 6.07) is 0.547. The van der Waals surface area contributed by atoms with Crippen LogP contribution in [-0.2, 0) is 9.53 Å². The fourth-order valence-electron chi connectivity index (χ4n) is 4.25. The molecular formula is C17H30N2O2. The molecule has 1 aliphatic carbocycles. The smallest absolute Gasteiger partial charge is 0.223 e. The molecule has 0 aromatic rings. The lowest BCUT2D eigenvalue weighted by Gasteiger charge is -2.38. The van der Waals surface area contributed by atoms with E-state index in [0.29, 0.717) is 18.4 Å². The molecule has 0 radical (unpaired) electrons. The minimum atomic E-state index is 0.173. The van der Waals surface area contributed by atoms with Crippen molar-refractivity contribution in [3.63, 3.8) is 0 Å². The molecule has 1 atom stereocenters. The summed E-state index contributed by atoms with van der Waals surface area (Å²) >= 11 is 0. The van der Waals surface area contributed by atoms with Gasteiger partial charge in [0.2, 0.25) is 5.91 Å². The van der Waals surface area contributed by atoms with Gasteiger partial charge in [0.25, 0.3) is 0 Å². The zero-order valence-corrected chi connectivity index (χ0v) is 13.2. The van der Waals surface area contributed by atoms with Gasteiger partial charge in [-0.3, -0.25) is 4.79 Å². The third-order valence-corrected chi connectivity index (χ3v) is 5.49. The lowest BCUT2D eigenvalue weighted by atomic mass is 9.89. The van der Waals surface area contributed by atoms with Gasteiger partial charge in [-0.15, -0.1) is 0 Å². The fraction of sp³-hybridized carbons (Fsp3) is 0.941. The van der Waals surface area contributed by atoms with Crippen LogP contribution in [0.4, 0.5) is 0 Å². The van der Waals surface area contributed by atoms with Gasteiger partial charge in [-0.1, -0.05) is 12.8 Å². The number of nitrogens with one attached hydrogen (secondary N) is 1. The van der Waals surface area contributed by atoms with Gasteiger partial charge in [0.1, 0.15) is 0 Å². The summed E-state index contributed by atoms with van der Waals surface area (Å²) in [5, 5.41) is 3.62. The highest BCUT2D eigenvalue weighted by molar-refractivity contribution is 5.76. The minimum absolute atomic E-state index is 0.173. The van der Waals surface area contributed by atoms with Crippen LogP contribution in [0.2, 0.25) is 0 Å². The molecule has 3 rings (SSSR count). The molecule has 1 amide bonds. The SMILES string of the molecule is O=C(CCNC1CCOC2(CCCC2)C1)N1CCCCC1. The van der Waals surface area contributed by atoms with Crippen LogP contribution >= 0.6 is 0 Å². The number of amides is 1. The molecule has 1 N–H and O–H groups in total. The molecule has 21 heavy (non-hydrogen) atoms. The van der Waals surface area contributed by atoms with Gasteiger partial charge in [-0.05, 0) is 44.9 Å². The monoisotopic (exact) mass is 294 g/mol. The Balaban J connectivity index is 1.37. The van der Waals surface area contributed by atoms with Crippen LogP contribution in [-0.4, -0.2) is 48.7 Å². The second kappa shape index (κ2) is 7.10. The van der Waals surface area contributed by atoms with Crippen LogP contribution in [0.25, 0.3) is 0 Å². The molecule has 0 aromatic carbocycles. The van der Waals surface area contributed by atoms with E-state index in [1.807, 2.05) is 4.90 Å². The van der Waals surface area contributed by atoms with Crippen LogP contribution in [0.5, 0.6) is 0 Å². The number of rotatable bonds is 4. The summed E-state index contributed by atoms with van der Waals surface area (Å²) in [7, 11) is 0. The maximum Gasteiger partial charge on any atom is 0.223 e. The van der Waals surface area contributed by atoms with Crippen LogP contribution in [0.15, 0.2) is 0 Å². The van der Waals surface area contributed by atoms with Crippen LogP contribution in [0, 0.1) is 0 Å². The summed E-state index contributed by atoms with van der Waals surface area (Å²) in [5.41, 5.74) is 0.173. The van der Waals surface area contributed by atoms with Crippen LogP contribution < -0.4 is 5.32 Å². The molecule has 2 heterocycles. The van der Waals surface area contributed by atoms with Gasteiger partial charge in [0.05, 0.1) is 5.60 Å². The second-order valence-corrected chi connectivity index (χ2v) is 7.07. The second-order valence-electron chi connectivity index (χ2n) is 7.07. The highest BCUT2D eigenvalue weighted by Gasteiger charge is 2.39. The van der Waals surface area contributed by atoms with Crippen molar-refractivity contribution < 1.29 is 9.53 Å². The predicted octanol–water partition coefficient (Wildman–Crippen LogP) is 2.47. The molecule has 2 saturated heterocycles. The Bertz CT molecular complexity index is 347. The number of piperidine rings is 1. The van der Waals surface area contributed by atoms with E-state index in [2.05, 4.69) is 5.32 Å². The van der Waals surface area contributed by atoms with Crippen molar-refractivity contribution in [2.45, 2.75) is 75.9 Å². The normalized spacial score (nSPS) is 29.0. The highest BCUT2D eigenvalue weighted by Crippen LogP contribution is 2.39. The molecule has 4 nitrogen and oxygen atoms in total. The highest BCUT2D eigenvalue weighted by atomic mass is 16.5. The molecule has 3 fully saturated rings. The molecule has 4 heteroatoms. The zero-order valence-electron chi connectivity index (χ0n) is 13.2. The molecule has 120 valence electrons. The molecule has 0 bridgehead atoms. The first-order valence-corrected chi connectivity index (χ1v) is 8.93. The first-order chi connectivity index (χ1) is 10.3. The number of ether oxygens (including phenoxy) is 1. The fourth-order valence-corrected chi connectivity index (χ4v) is 4.25. The molecule has 0 aromatic heterocycles. The molecular weight excluding hydrogens is 264 g/mol. The Morgan fingerprint density at radius 2 is 1.90 bits per heavy atom. The van der Waals surface area contributed by atoms with Gasteiger partial charge in [-0.2, -0.15) is 0 Å². The van der Waals surface area contributed by atoms with Gasteiger partial charge in [-0.25, -0.2) is 0 Å². The minimum Gasteiger partial charge on any atom is -0.375 e. The maximum absolute atomic E-state index is 12.2.